The van der Waals surface area contributed by atoms with Crippen molar-refractivity contribution in [3.05, 3.63) is 22.4 Å². The summed E-state index contributed by atoms with van der Waals surface area (Å²) in [5, 5.41) is 3.99. The summed E-state index contributed by atoms with van der Waals surface area (Å²) >= 11 is 1.53. The van der Waals surface area contributed by atoms with Gasteiger partial charge in [0.15, 0.2) is 8.32 Å². The predicted molar refractivity (Wildman–Crippen MR) is 159 cm³/mol. The molecule has 1 heterocycles. The highest BCUT2D eigenvalue weighted by Gasteiger charge is 2.36. The molecule has 1 rings (SSSR count). The van der Waals surface area contributed by atoms with E-state index in [1.807, 2.05) is 16.8 Å². The number of carbonyl (C=O) groups is 1. The maximum Gasteiger partial charge on any atom is 0.277 e. The maximum absolute atomic E-state index is 11.7. The van der Waals surface area contributed by atoms with E-state index >= 15 is 0 Å². The molecule has 0 atom stereocenters. The third kappa shape index (κ3) is 18.1. The largest absolute Gasteiger partial charge is 0.414 e. The number of unbranched alkanes of at least 4 members (excludes halogenated alkanes) is 9. The Labute approximate surface area is 231 Å². The Hall–Kier alpha value is -0.903. The number of rotatable bonds is 23. The smallest absolute Gasteiger partial charge is 0.277 e. The summed E-state index contributed by atoms with van der Waals surface area (Å²) in [4.78, 5) is 15.8. The molecular formula is C29H53NO5SSi. The van der Waals surface area contributed by atoms with Gasteiger partial charge < -0.3 is 18.6 Å². The molecule has 214 valence electrons. The Kier molecular flexibility index (Phi) is 19.4. The lowest BCUT2D eigenvalue weighted by molar-refractivity contribution is 0.00800. The molecule has 0 N–H and O–H groups in total. The molecule has 1 amide bonds. The van der Waals surface area contributed by atoms with Crippen LogP contribution in [0, 0.1) is 0 Å². The van der Waals surface area contributed by atoms with Crippen LogP contribution in [-0.4, -0.2) is 66.7 Å². The number of thiophene rings is 1. The minimum atomic E-state index is -1.67. The van der Waals surface area contributed by atoms with Gasteiger partial charge in [0.1, 0.15) is 0 Å². The number of ether oxygens (including phenoxy) is 3. The molecule has 0 fully saturated rings. The third-order valence-electron chi connectivity index (χ3n) is 6.84. The minimum Gasteiger partial charge on any atom is -0.414 e. The van der Waals surface area contributed by atoms with Crippen LogP contribution >= 0.6 is 11.3 Å². The highest BCUT2D eigenvalue weighted by atomic mass is 32.1. The molecule has 1 aromatic heterocycles. The van der Waals surface area contributed by atoms with E-state index in [9.17, 15) is 4.79 Å². The van der Waals surface area contributed by atoms with Crippen LogP contribution in [0.3, 0.4) is 0 Å². The van der Waals surface area contributed by atoms with E-state index in [-0.39, 0.29) is 10.9 Å². The molecular weight excluding hydrogens is 502 g/mol. The average Bonchev–Trinajstić information content (AvgIpc) is 3.39. The second-order valence-corrected chi connectivity index (χ2v) is 16.6. The Balaban J connectivity index is 1.73. The molecule has 0 radical (unpaired) electrons. The Morgan fingerprint density at radius 1 is 0.811 bits per heavy atom. The van der Waals surface area contributed by atoms with E-state index in [2.05, 4.69) is 38.9 Å². The zero-order valence-corrected chi connectivity index (χ0v) is 26.0. The van der Waals surface area contributed by atoms with Gasteiger partial charge in [-0.3, -0.25) is 4.79 Å². The normalized spacial score (nSPS) is 12.6. The van der Waals surface area contributed by atoms with Gasteiger partial charge in [-0.25, -0.2) is 4.99 Å². The van der Waals surface area contributed by atoms with Gasteiger partial charge in [0.05, 0.1) is 45.2 Å². The van der Waals surface area contributed by atoms with Crippen molar-refractivity contribution in [3.8, 4) is 0 Å². The van der Waals surface area contributed by atoms with Crippen molar-refractivity contribution in [3.63, 3.8) is 0 Å². The van der Waals surface area contributed by atoms with E-state index in [0.29, 0.717) is 45.2 Å². The van der Waals surface area contributed by atoms with Gasteiger partial charge in [0.2, 0.25) is 0 Å². The van der Waals surface area contributed by atoms with Crippen molar-refractivity contribution in [2.24, 2.45) is 4.99 Å². The van der Waals surface area contributed by atoms with Crippen LogP contribution in [0.15, 0.2) is 21.8 Å². The quantitative estimate of drug-likeness (QED) is 0.0779. The van der Waals surface area contributed by atoms with Gasteiger partial charge in [-0.1, -0.05) is 65.7 Å². The lowest BCUT2D eigenvalue weighted by atomic mass is 10.1. The van der Waals surface area contributed by atoms with Crippen LogP contribution < -0.4 is 0 Å². The van der Waals surface area contributed by atoms with E-state index < -0.39 is 8.32 Å². The third-order valence-corrected chi connectivity index (χ3v) is 12.1. The summed E-state index contributed by atoms with van der Waals surface area (Å²) in [5.41, 5.74) is 0.692. The first-order chi connectivity index (χ1) is 17.7. The number of carbonyl (C=O) groups excluding carboxylic acids is 1. The summed E-state index contributed by atoms with van der Waals surface area (Å²) in [7, 11) is -1.67. The lowest BCUT2D eigenvalue weighted by Gasteiger charge is -2.36. The fourth-order valence-corrected chi connectivity index (χ4v) is 5.06. The summed E-state index contributed by atoms with van der Waals surface area (Å²) < 4.78 is 22.9. The van der Waals surface area contributed by atoms with E-state index in [1.54, 1.807) is 6.21 Å². The van der Waals surface area contributed by atoms with Crippen molar-refractivity contribution in [1.82, 2.24) is 0 Å². The van der Waals surface area contributed by atoms with Crippen molar-refractivity contribution < 1.29 is 23.4 Å². The first-order valence-electron chi connectivity index (χ1n) is 14.2. The van der Waals surface area contributed by atoms with Crippen molar-refractivity contribution in [2.45, 2.75) is 103 Å². The molecule has 6 nitrogen and oxygen atoms in total. The van der Waals surface area contributed by atoms with Gasteiger partial charge in [-0.15, -0.1) is 0 Å². The number of hydrogen-bond donors (Lipinski definition) is 0. The molecule has 37 heavy (non-hydrogen) atoms. The topological polar surface area (TPSA) is 66.3 Å². The van der Waals surface area contributed by atoms with Gasteiger partial charge in [0, 0.05) is 18.2 Å². The number of nitrogens with zero attached hydrogens (tertiary/aromatic N) is 1. The zero-order chi connectivity index (χ0) is 27.2. The predicted octanol–water partition coefficient (Wildman–Crippen LogP) is 7.93. The molecule has 0 unspecified atom stereocenters. The maximum atomic E-state index is 11.7. The monoisotopic (exact) mass is 555 g/mol. The summed E-state index contributed by atoms with van der Waals surface area (Å²) in [6, 6.07) is 1.82. The zero-order valence-electron chi connectivity index (χ0n) is 24.2. The molecule has 0 aromatic carbocycles. The molecule has 0 saturated heterocycles. The second-order valence-electron chi connectivity index (χ2n) is 11.0. The fourth-order valence-electron chi connectivity index (χ4n) is 3.40. The van der Waals surface area contributed by atoms with Crippen LogP contribution in [0.1, 0.15) is 95.3 Å². The molecule has 0 bridgehead atoms. The van der Waals surface area contributed by atoms with Crippen LogP contribution in [0.5, 0.6) is 0 Å². The highest BCUT2D eigenvalue weighted by Crippen LogP contribution is 2.36. The number of hydrogen-bond acceptors (Lipinski definition) is 6. The summed E-state index contributed by atoms with van der Waals surface area (Å²) in [6.07, 6.45) is 13.8. The van der Waals surface area contributed by atoms with Gasteiger partial charge in [0.25, 0.3) is 5.91 Å². The summed E-state index contributed by atoms with van der Waals surface area (Å²) in [6.45, 7) is 15.9. The first kappa shape index (κ1) is 34.1. The van der Waals surface area contributed by atoms with Crippen LogP contribution in [-0.2, 0) is 18.6 Å². The van der Waals surface area contributed by atoms with Crippen molar-refractivity contribution >= 4 is 31.8 Å². The van der Waals surface area contributed by atoms with Gasteiger partial charge >= 0.3 is 0 Å². The Morgan fingerprint density at radius 2 is 1.32 bits per heavy atom. The molecule has 8 heteroatoms. The molecule has 1 aromatic rings. The number of aliphatic imine (C=N–C) groups is 1. The average molecular weight is 556 g/mol. The SMILES string of the molecule is CC(C)(C)[Si](C)(C)OCCOCCOCCOCCCCCCCCCCCC=NC(=O)c1ccsc1. The molecule has 0 spiro atoms. The first-order valence-corrected chi connectivity index (χ1v) is 18.1. The van der Waals surface area contributed by atoms with Gasteiger partial charge in [-0.2, -0.15) is 11.3 Å². The molecule has 0 aliphatic rings. The minimum absolute atomic E-state index is 0.125. The molecule has 0 saturated carbocycles. The molecule has 0 aliphatic carbocycles. The standard InChI is InChI=1S/C29H53NO5SSi/c1-29(2,3)37(4,5)35-24-23-34-22-21-33-20-19-32-18-15-13-11-9-7-6-8-10-12-14-17-30-28(31)27-16-25-36-26-27/h16-17,25-26H,6-15,18-24H2,1-5H3. The Bertz CT molecular complexity index is 704. The van der Waals surface area contributed by atoms with E-state index in [0.717, 1.165) is 25.9 Å². The Morgan fingerprint density at radius 3 is 1.86 bits per heavy atom. The van der Waals surface area contributed by atoms with Crippen molar-refractivity contribution in [1.29, 1.82) is 0 Å². The lowest BCUT2D eigenvalue weighted by Crippen LogP contribution is -2.41. The van der Waals surface area contributed by atoms with E-state index in [4.69, 9.17) is 18.6 Å². The van der Waals surface area contributed by atoms with E-state index in [1.165, 1.54) is 56.3 Å². The highest BCUT2D eigenvalue weighted by molar-refractivity contribution is 7.08. The van der Waals surface area contributed by atoms with Crippen LogP contribution in [0.25, 0.3) is 0 Å². The van der Waals surface area contributed by atoms with Crippen LogP contribution in [0.4, 0.5) is 0 Å². The van der Waals surface area contributed by atoms with Crippen LogP contribution in [0.2, 0.25) is 18.1 Å². The number of amides is 1. The van der Waals surface area contributed by atoms with Crippen molar-refractivity contribution in [2.75, 3.05) is 46.2 Å². The summed E-state index contributed by atoms with van der Waals surface area (Å²) in [5.74, 6) is -0.125. The molecule has 0 aliphatic heterocycles. The second kappa shape index (κ2) is 21.0. The fraction of sp³-hybridized carbons (Fsp3) is 0.793. The van der Waals surface area contributed by atoms with Gasteiger partial charge in [-0.05, 0) is 48.8 Å².